The van der Waals surface area contributed by atoms with Crippen molar-refractivity contribution in [1.82, 2.24) is 4.98 Å². The summed E-state index contributed by atoms with van der Waals surface area (Å²) in [6, 6.07) is 10.4. The van der Waals surface area contributed by atoms with Crippen molar-refractivity contribution in [2.24, 2.45) is 0 Å². The van der Waals surface area contributed by atoms with E-state index in [2.05, 4.69) is 17.2 Å². The van der Waals surface area contributed by atoms with Crippen LogP contribution in [0.3, 0.4) is 0 Å². The predicted octanol–water partition coefficient (Wildman–Crippen LogP) is 3.27. The molecule has 20 heavy (non-hydrogen) atoms. The Morgan fingerprint density at radius 2 is 2.10 bits per heavy atom. The first kappa shape index (κ1) is 13.8. The van der Waals surface area contributed by atoms with Gasteiger partial charge in [-0.15, -0.1) is 0 Å². The summed E-state index contributed by atoms with van der Waals surface area (Å²) in [6.45, 7) is 2.10. The van der Waals surface area contributed by atoms with Crippen molar-refractivity contribution in [2.75, 3.05) is 11.1 Å². The summed E-state index contributed by atoms with van der Waals surface area (Å²) in [5.74, 6) is 0.495. The highest BCUT2D eigenvalue weighted by atomic mass is 16.6. The third-order valence-corrected chi connectivity index (χ3v) is 2.84. The van der Waals surface area contributed by atoms with Gasteiger partial charge in [-0.3, -0.25) is 10.1 Å². The minimum Gasteiger partial charge on any atom is -0.383 e. The fourth-order valence-electron chi connectivity index (χ4n) is 1.97. The summed E-state index contributed by atoms with van der Waals surface area (Å²) in [6.07, 6.45) is 1.94. The van der Waals surface area contributed by atoms with Crippen LogP contribution in [-0.2, 0) is 6.42 Å². The number of nitrogens with one attached hydrogen (secondary N) is 1. The molecule has 2 rings (SSSR count). The van der Waals surface area contributed by atoms with Gasteiger partial charge in [-0.05, 0) is 18.1 Å². The number of nitrogens with two attached hydrogens (primary N) is 1. The molecule has 1 heterocycles. The van der Waals surface area contributed by atoms with Crippen molar-refractivity contribution < 1.29 is 4.92 Å². The molecule has 0 fully saturated rings. The molecular weight excluding hydrogens is 256 g/mol. The SMILES string of the molecule is CCCc1ccccc1Nc1cc([N+](=O)[O-])cc(N)n1. The maximum absolute atomic E-state index is 10.8. The molecule has 0 unspecified atom stereocenters. The van der Waals surface area contributed by atoms with Crippen LogP contribution in [-0.4, -0.2) is 9.91 Å². The predicted molar refractivity (Wildman–Crippen MR) is 79.0 cm³/mol. The van der Waals surface area contributed by atoms with Gasteiger partial charge >= 0.3 is 0 Å². The Hall–Kier alpha value is -2.63. The Kier molecular flexibility index (Phi) is 4.14. The van der Waals surface area contributed by atoms with Gasteiger partial charge in [-0.25, -0.2) is 4.98 Å². The molecule has 0 aliphatic rings. The first-order chi connectivity index (χ1) is 9.60. The summed E-state index contributed by atoms with van der Waals surface area (Å²) in [5.41, 5.74) is 7.55. The maximum Gasteiger partial charge on any atom is 0.276 e. The van der Waals surface area contributed by atoms with Crippen LogP contribution in [0, 0.1) is 10.1 Å². The number of aromatic nitrogens is 1. The quantitative estimate of drug-likeness (QED) is 0.643. The zero-order chi connectivity index (χ0) is 14.5. The monoisotopic (exact) mass is 272 g/mol. The van der Waals surface area contributed by atoms with Crippen molar-refractivity contribution in [1.29, 1.82) is 0 Å². The normalized spacial score (nSPS) is 10.2. The van der Waals surface area contributed by atoms with Crippen LogP contribution in [0.2, 0.25) is 0 Å². The fraction of sp³-hybridized carbons (Fsp3) is 0.214. The van der Waals surface area contributed by atoms with Gasteiger partial charge in [-0.1, -0.05) is 31.5 Å². The number of anilines is 3. The van der Waals surface area contributed by atoms with Crippen LogP contribution in [0.1, 0.15) is 18.9 Å². The Labute approximate surface area is 116 Å². The summed E-state index contributed by atoms with van der Waals surface area (Å²) < 4.78 is 0. The lowest BCUT2D eigenvalue weighted by molar-refractivity contribution is -0.384. The van der Waals surface area contributed by atoms with Gasteiger partial charge in [-0.2, -0.15) is 0 Å². The lowest BCUT2D eigenvalue weighted by Gasteiger charge is -2.11. The van der Waals surface area contributed by atoms with Crippen molar-refractivity contribution in [2.45, 2.75) is 19.8 Å². The first-order valence-electron chi connectivity index (χ1n) is 6.37. The molecule has 0 saturated heterocycles. The topological polar surface area (TPSA) is 94.1 Å². The summed E-state index contributed by atoms with van der Waals surface area (Å²) in [5, 5.41) is 13.9. The molecule has 1 aromatic carbocycles. The Balaban J connectivity index is 2.32. The molecule has 0 saturated carbocycles. The lowest BCUT2D eigenvalue weighted by Crippen LogP contribution is -2.01. The average Bonchev–Trinajstić information content (AvgIpc) is 2.40. The zero-order valence-corrected chi connectivity index (χ0v) is 11.2. The summed E-state index contributed by atoms with van der Waals surface area (Å²) >= 11 is 0. The average molecular weight is 272 g/mol. The second-order valence-corrected chi connectivity index (χ2v) is 4.42. The van der Waals surface area contributed by atoms with E-state index >= 15 is 0 Å². The first-order valence-corrected chi connectivity index (χ1v) is 6.37. The van der Waals surface area contributed by atoms with E-state index in [9.17, 15) is 10.1 Å². The molecular formula is C14H16N4O2. The van der Waals surface area contributed by atoms with E-state index in [1.807, 2.05) is 24.3 Å². The number of para-hydroxylation sites is 1. The smallest absolute Gasteiger partial charge is 0.276 e. The standard InChI is InChI=1S/C14H16N4O2/c1-2-5-10-6-3-4-7-12(10)16-14-9-11(18(19)20)8-13(15)17-14/h3-4,6-9H,2,5H2,1H3,(H3,15,16,17). The molecule has 3 N–H and O–H groups in total. The number of rotatable bonds is 5. The van der Waals surface area contributed by atoms with E-state index in [4.69, 9.17) is 5.73 Å². The number of benzene rings is 1. The van der Waals surface area contributed by atoms with Crippen molar-refractivity contribution in [3.8, 4) is 0 Å². The van der Waals surface area contributed by atoms with Gasteiger partial charge in [0.2, 0.25) is 0 Å². The molecule has 1 aromatic heterocycles. The largest absolute Gasteiger partial charge is 0.383 e. The summed E-state index contributed by atoms with van der Waals surface area (Å²) in [7, 11) is 0. The maximum atomic E-state index is 10.8. The molecule has 0 atom stereocenters. The molecule has 0 aliphatic carbocycles. The molecule has 6 nitrogen and oxygen atoms in total. The molecule has 0 radical (unpaired) electrons. The molecule has 0 aliphatic heterocycles. The summed E-state index contributed by atoms with van der Waals surface area (Å²) in [4.78, 5) is 14.4. The third kappa shape index (κ3) is 3.23. The van der Waals surface area contributed by atoms with Gasteiger partial charge in [0.25, 0.3) is 5.69 Å². The van der Waals surface area contributed by atoms with Gasteiger partial charge in [0, 0.05) is 5.69 Å². The Bertz CT molecular complexity index is 628. The van der Waals surface area contributed by atoms with Crippen molar-refractivity contribution >= 4 is 23.0 Å². The second-order valence-electron chi connectivity index (χ2n) is 4.42. The van der Waals surface area contributed by atoms with Crippen LogP contribution in [0.15, 0.2) is 36.4 Å². The number of hydrogen-bond donors (Lipinski definition) is 2. The van der Waals surface area contributed by atoms with Crippen molar-refractivity contribution in [3.63, 3.8) is 0 Å². The highest BCUT2D eigenvalue weighted by Gasteiger charge is 2.10. The molecule has 0 amide bonds. The number of nitro groups is 1. The van der Waals surface area contributed by atoms with Crippen LogP contribution in [0.4, 0.5) is 23.0 Å². The molecule has 2 aromatic rings. The third-order valence-electron chi connectivity index (χ3n) is 2.84. The van der Waals surface area contributed by atoms with E-state index in [1.54, 1.807) is 0 Å². The van der Waals surface area contributed by atoms with Gasteiger partial charge in [0.1, 0.15) is 11.6 Å². The second kappa shape index (κ2) is 6.01. The van der Waals surface area contributed by atoms with Crippen LogP contribution in [0.25, 0.3) is 0 Å². The van der Waals surface area contributed by atoms with E-state index < -0.39 is 4.92 Å². The number of nitrogen functional groups attached to an aromatic ring is 1. The van der Waals surface area contributed by atoms with Crippen LogP contribution < -0.4 is 11.1 Å². The minimum absolute atomic E-state index is 0.0760. The number of pyridine rings is 1. The Morgan fingerprint density at radius 3 is 2.80 bits per heavy atom. The lowest BCUT2D eigenvalue weighted by atomic mass is 10.1. The molecule has 0 spiro atoms. The van der Waals surface area contributed by atoms with E-state index in [0.29, 0.717) is 5.82 Å². The molecule has 0 bridgehead atoms. The Morgan fingerprint density at radius 1 is 1.35 bits per heavy atom. The van der Waals surface area contributed by atoms with Crippen molar-refractivity contribution in [3.05, 3.63) is 52.1 Å². The number of nitrogens with zero attached hydrogens (tertiary/aromatic N) is 2. The number of aryl methyl sites for hydroxylation is 1. The highest BCUT2D eigenvalue weighted by molar-refractivity contribution is 5.64. The fourth-order valence-corrected chi connectivity index (χ4v) is 1.97. The zero-order valence-electron chi connectivity index (χ0n) is 11.2. The van der Waals surface area contributed by atoms with Crippen LogP contribution in [0.5, 0.6) is 0 Å². The van der Waals surface area contributed by atoms with Gasteiger partial charge < -0.3 is 11.1 Å². The molecule has 104 valence electrons. The van der Waals surface area contributed by atoms with Gasteiger partial charge in [0.05, 0.1) is 17.1 Å². The van der Waals surface area contributed by atoms with E-state index in [-0.39, 0.29) is 11.5 Å². The van der Waals surface area contributed by atoms with E-state index in [1.165, 1.54) is 12.1 Å². The van der Waals surface area contributed by atoms with Gasteiger partial charge in [0.15, 0.2) is 0 Å². The minimum atomic E-state index is -0.485. The molecule has 6 heteroatoms. The highest BCUT2D eigenvalue weighted by Crippen LogP contribution is 2.24. The van der Waals surface area contributed by atoms with Crippen LogP contribution >= 0.6 is 0 Å². The van der Waals surface area contributed by atoms with E-state index in [0.717, 1.165) is 24.1 Å². The number of hydrogen-bond acceptors (Lipinski definition) is 5.